The summed E-state index contributed by atoms with van der Waals surface area (Å²) in [5.41, 5.74) is 4.94. The van der Waals surface area contributed by atoms with Gasteiger partial charge in [-0.2, -0.15) is 10.5 Å². The first-order chi connectivity index (χ1) is 6.12. The molecule has 0 aliphatic heterocycles. The van der Waals surface area contributed by atoms with Gasteiger partial charge in [0.25, 0.3) is 0 Å². The Morgan fingerprint density at radius 1 is 1.54 bits per heavy atom. The molecular weight excluding hydrogens is 168 g/mol. The molecule has 0 saturated carbocycles. The van der Waals surface area contributed by atoms with Gasteiger partial charge in [-0.1, -0.05) is 11.3 Å². The monoisotopic (exact) mass is 186 g/mol. The van der Waals surface area contributed by atoms with Crippen LogP contribution in [0.15, 0.2) is 23.0 Å². The number of rotatable bonds is 7. The van der Waals surface area contributed by atoms with Crippen molar-refractivity contribution >= 4 is 0 Å². The van der Waals surface area contributed by atoms with Crippen molar-refractivity contribution in [3.63, 3.8) is 0 Å². The van der Waals surface area contributed by atoms with Crippen LogP contribution in [0.3, 0.4) is 0 Å². The Hall–Kier alpha value is -0.940. The number of nitrogens with one attached hydrogen (secondary N) is 2. The van der Waals surface area contributed by atoms with Crippen LogP contribution in [0.4, 0.5) is 0 Å². The van der Waals surface area contributed by atoms with Crippen LogP contribution in [0.2, 0.25) is 0 Å². The third kappa shape index (κ3) is 7.42. The second kappa shape index (κ2) is 6.56. The molecule has 0 bridgehead atoms. The number of ether oxygens (including phenoxy) is 1. The maximum absolute atomic E-state index is 5.37. The van der Waals surface area contributed by atoms with E-state index < -0.39 is 0 Å². The zero-order valence-electron chi connectivity index (χ0n) is 8.50. The molecule has 0 aromatic carbocycles. The van der Waals surface area contributed by atoms with E-state index >= 15 is 0 Å². The van der Waals surface area contributed by atoms with E-state index in [0.717, 1.165) is 0 Å². The Morgan fingerprint density at radius 2 is 2.23 bits per heavy atom. The fourth-order valence-corrected chi connectivity index (χ4v) is 0.455. The minimum Gasteiger partial charge on any atom is -0.355 e. The largest absolute Gasteiger partial charge is 0.355 e. The Kier molecular flexibility index (Phi) is 6.09. The number of hydrazine groups is 1. The molecule has 0 rings (SSSR count). The smallest absolute Gasteiger partial charge is 0.116 e. The number of nitrogens with zero attached hydrogens (tertiary/aromatic N) is 2. The molecule has 5 heteroatoms. The van der Waals surface area contributed by atoms with Gasteiger partial charge in [0.15, 0.2) is 0 Å². The van der Waals surface area contributed by atoms with Gasteiger partial charge in [-0.25, -0.2) is 5.53 Å². The average molecular weight is 186 g/mol. The van der Waals surface area contributed by atoms with E-state index in [1.807, 2.05) is 20.8 Å². The van der Waals surface area contributed by atoms with E-state index in [4.69, 9.17) is 4.74 Å². The summed E-state index contributed by atoms with van der Waals surface area (Å²) in [6.45, 7) is 10.4. The maximum atomic E-state index is 5.37. The lowest BCUT2D eigenvalue weighted by Gasteiger charge is -2.20. The van der Waals surface area contributed by atoms with Crippen molar-refractivity contribution in [2.24, 2.45) is 10.3 Å². The first kappa shape index (κ1) is 12.1. The second-order valence-corrected chi connectivity index (χ2v) is 2.94. The van der Waals surface area contributed by atoms with Crippen LogP contribution in [0.5, 0.6) is 0 Å². The van der Waals surface area contributed by atoms with Crippen LogP contribution in [-0.4, -0.2) is 18.9 Å². The molecule has 2 N–H and O–H groups in total. The molecule has 0 atom stereocenters. The van der Waals surface area contributed by atoms with Crippen molar-refractivity contribution in [2.45, 2.75) is 26.4 Å². The predicted molar refractivity (Wildman–Crippen MR) is 51.9 cm³/mol. The summed E-state index contributed by atoms with van der Waals surface area (Å²) in [5, 5.41) is 7.29. The van der Waals surface area contributed by atoms with Crippen LogP contribution < -0.4 is 11.0 Å². The van der Waals surface area contributed by atoms with Crippen LogP contribution in [0, 0.1) is 0 Å². The van der Waals surface area contributed by atoms with E-state index in [1.54, 1.807) is 6.08 Å². The van der Waals surface area contributed by atoms with Gasteiger partial charge in [0.05, 0.1) is 12.1 Å². The second-order valence-electron chi connectivity index (χ2n) is 2.94. The zero-order valence-corrected chi connectivity index (χ0v) is 8.50. The van der Waals surface area contributed by atoms with Crippen molar-refractivity contribution in [3.8, 4) is 0 Å². The summed E-state index contributed by atoms with van der Waals surface area (Å²) in [4.78, 5) is 0. The average Bonchev–Trinajstić information content (AvgIpc) is 2.11. The Balaban J connectivity index is 3.35. The molecule has 76 valence electrons. The van der Waals surface area contributed by atoms with Gasteiger partial charge in [0.1, 0.15) is 6.73 Å². The standard InChI is InChI=1S/C8H18N4O/c1-5-8(3,4)13-7-10-12-11-9-6-2/h5H,1,6-7H2,2-4H3,(H,9,12)(H,10,11). The van der Waals surface area contributed by atoms with Crippen LogP contribution in [0.25, 0.3) is 0 Å². The molecule has 0 amide bonds. The van der Waals surface area contributed by atoms with Gasteiger partial charge in [-0.3, -0.25) is 0 Å². The van der Waals surface area contributed by atoms with Crippen molar-refractivity contribution in [3.05, 3.63) is 12.7 Å². The van der Waals surface area contributed by atoms with Crippen LogP contribution >= 0.6 is 0 Å². The van der Waals surface area contributed by atoms with Gasteiger partial charge >= 0.3 is 0 Å². The molecule has 0 heterocycles. The molecule has 0 aromatic rings. The van der Waals surface area contributed by atoms with E-state index in [1.165, 1.54) is 0 Å². The molecule has 0 spiro atoms. The molecule has 0 fully saturated rings. The molecule has 0 saturated heterocycles. The van der Waals surface area contributed by atoms with E-state index in [9.17, 15) is 0 Å². The molecule has 5 nitrogen and oxygen atoms in total. The van der Waals surface area contributed by atoms with E-state index in [2.05, 4.69) is 27.9 Å². The molecule has 13 heavy (non-hydrogen) atoms. The van der Waals surface area contributed by atoms with Crippen molar-refractivity contribution in [1.82, 2.24) is 11.0 Å². The molecule has 0 aliphatic rings. The van der Waals surface area contributed by atoms with Gasteiger partial charge in [-0.05, 0) is 20.8 Å². The number of hydrogen-bond donors (Lipinski definition) is 2. The lowest BCUT2D eigenvalue weighted by atomic mass is 10.1. The highest BCUT2D eigenvalue weighted by Crippen LogP contribution is 2.07. The minimum atomic E-state index is -0.323. The Labute approximate surface area is 79.2 Å². The number of hydrogen-bond acceptors (Lipinski definition) is 4. The third-order valence-electron chi connectivity index (χ3n) is 1.35. The first-order valence-corrected chi connectivity index (χ1v) is 4.24. The molecule has 0 unspecified atom stereocenters. The Morgan fingerprint density at radius 3 is 2.77 bits per heavy atom. The van der Waals surface area contributed by atoms with Gasteiger partial charge in [0.2, 0.25) is 0 Å². The quantitative estimate of drug-likeness (QED) is 0.208. The maximum Gasteiger partial charge on any atom is 0.116 e. The fourth-order valence-electron chi connectivity index (χ4n) is 0.455. The summed E-state index contributed by atoms with van der Waals surface area (Å²) >= 11 is 0. The molecule has 0 aromatic heterocycles. The normalized spacial score (nSPS) is 11.9. The summed E-state index contributed by atoms with van der Waals surface area (Å²) < 4.78 is 5.37. The summed E-state index contributed by atoms with van der Waals surface area (Å²) in [6, 6.07) is 0. The fraction of sp³-hybridized carbons (Fsp3) is 0.750. The van der Waals surface area contributed by atoms with Crippen LogP contribution in [-0.2, 0) is 4.74 Å². The minimum absolute atomic E-state index is 0.323. The highest BCUT2D eigenvalue weighted by atomic mass is 16.5. The summed E-state index contributed by atoms with van der Waals surface area (Å²) in [5.74, 6) is 0. The molecule has 0 aliphatic carbocycles. The van der Waals surface area contributed by atoms with E-state index in [0.29, 0.717) is 13.3 Å². The van der Waals surface area contributed by atoms with Gasteiger partial charge in [0, 0.05) is 0 Å². The zero-order chi connectivity index (χ0) is 10.2. The van der Waals surface area contributed by atoms with Crippen molar-refractivity contribution in [1.29, 1.82) is 0 Å². The Bertz CT molecular complexity index is 168. The highest BCUT2D eigenvalue weighted by molar-refractivity contribution is 4.88. The topological polar surface area (TPSA) is 58.0 Å². The first-order valence-electron chi connectivity index (χ1n) is 4.24. The van der Waals surface area contributed by atoms with E-state index in [-0.39, 0.29) is 5.60 Å². The summed E-state index contributed by atoms with van der Waals surface area (Å²) in [6.07, 6.45) is 1.74. The molecule has 0 radical (unpaired) electrons. The molecular formula is C8H18N4O. The van der Waals surface area contributed by atoms with Crippen LogP contribution in [0.1, 0.15) is 20.8 Å². The van der Waals surface area contributed by atoms with Crippen molar-refractivity contribution < 1.29 is 4.74 Å². The van der Waals surface area contributed by atoms with Gasteiger partial charge in [-0.15, -0.1) is 6.58 Å². The predicted octanol–water partition coefficient (Wildman–Crippen LogP) is 1.41. The lowest BCUT2D eigenvalue weighted by Crippen LogP contribution is -2.34. The van der Waals surface area contributed by atoms with Gasteiger partial charge < -0.3 is 4.74 Å². The van der Waals surface area contributed by atoms with Crippen molar-refractivity contribution in [2.75, 3.05) is 13.3 Å². The lowest BCUT2D eigenvalue weighted by molar-refractivity contribution is 0.00252. The summed E-state index contributed by atoms with van der Waals surface area (Å²) in [7, 11) is 0. The SMILES string of the molecule is C=CC(C)(C)OCNN/N=N\CC. The third-order valence-corrected chi connectivity index (χ3v) is 1.35. The highest BCUT2D eigenvalue weighted by Gasteiger charge is 2.11.